The number of aromatic nitrogens is 2. The number of fused-ring (bicyclic) bond motifs is 1. The Kier molecular flexibility index (Phi) is 3.75. The van der Waals surface area contributed by atoms with Crippen LogP contribution < -0.4 is 0 Å². The summed E-state index contributed by atoms with van der Waals surface area (Å²) in [4.78, 5) is 21.8. The van der Waals surface area contributed by atoms with Crippen molar-refractivity contribution in [1.82, 2.24) is 9.97 Å². The first kappa shape index (κ1) is 14.6. The SMILES string of the molecule is CC(c1ccc2c(c1)SC(=O)C2)c1csc(-c2ccccn2)n1. The van der Waals surface area contributed by atoms with Crippen LogP contribution >= 0.6 is 23.1 Å². The average molecular weight is 338 g/mol. The summed E-state index contributed by atoms with van der Waals surface area (Å²) in [5.74, 6) is 0.199. The van der Waals surface area contributed by atoms with Crippen LogP contribution in [0.2, 0.25) is 0 Å². The largest absolute Gasteiger partial charge is 0.286 e. The van der Waals surface area contributed by atoms with Crippen LogP contribution in [0, 0.1) is 0 Å². The first-order valence-corrected chi connectivity index (χ1v) is 9.10. The second kappa shape index (κ2) is 5.91. The van der Waals surface area contributed by atoms with Gasteiger partial charge < -0.3 is 0 Å². The highest BCUT2D eigenvalue weighted by atomic mass is 32.2. The van der Waals surface area contributed by atoms with E-state index in [-0.39, 0.29) is 11.0 Å². The molecular weight excluding hydrogens is 324 g/mol. The van der Waals surface area contributed by atoms with Gasteiger partial charge in [-0.25, -0.2) is 4.98 Å². The quantitative estimate of drug-likeness (QED) is 0.703. The highest BCUT2D eigenvalue weighted by Crippen LogP contribution is 2.36. The lowest BCUT2D eigenvalue weighted by Crippen LogP contribution is -1.97. The maximum atomic E-state index is 11.6. The van der Waals surface area contributed by atoms with E-state index in [0.717, 1.165) is 26.9 Å². The van der Waals surface area contributed by atoms with Crippen molar-refractivity contribution in [1.29, 1.82) is 0 Å². The maximum absolute atomic E-state index is 11.6. The number of thioether (sulfide) groups is 1. The molecule has 5 heteroatoms. The Morgan fingerprint density at radius 3 is 2.96 bits per heavy atom. The number of nitrogens with zero attached hydrogens (tertiary/aromatic N) is 2. The summed E-state index contributed by atoms with van der Waals surface area (Å²) in [5, 5.41) is 3.27. The minimum Gasteiger partial charge on any atom is -0.286 e. The Morgan fingerprint density at radius 2 is 2.13 bits per heavy atom. The molecule has 0 amide bonds. The molecule has 0 radical (unpaired) electrons. The Balaban J connectivity index is 1.63. The van der Waals surface area contributed by atoms with Crippen molar-refractivity contribution in [2.75, 3.05) is 0 Å². The fourth-order valence-electron chi connectivity index (χ4n) is 2.66. The van der Waals surface area contributed by atoms with Gasteiger partial charge in [-0.3, -0.25) is 9.78 Å². The highest BCUT2D eigenvalue weighted by molar-refractivity contribution is 8.14. The van der Waals surface area contributed by atoms with Crippen LogP contribution in [0.4, 0.5) is 0 Å². The molecule has 1 atom stereocenters. The van der Waals surface area contributed by atoms with Crippen molar-refractivity contribution >= 4 is 28.2 Å². The molecule has 1 unspecified atom stereocenters. The number of thiazole rings is 1. The Hall–Kier alpha value is -1.98. The number of hydrogen-bond donors (Lipinski definition) is 0. The highest BCUT2D eigenvalue weighted by Gasteiger charge is 2.21. The van der Waals surface area contributed by atoms with Gasteiger partial charge in [0.25, 0.3) is 0 Å². The number of hydrogen-bond acceptors (Lipinski definition) is 5. The molecule has 1 aliphatic rings. The molecule has 0 saturated carbocycles. The average Bonchev–Trinajstić information content (AvgIpc) is 3.20. The molecule has 0 bridgehead atoms. The van der Waals surface area contributed by atoms with Crippen molar-refractivity contribution in [3.63, 3.8) is 0 Å². The molecule has 1 aliphatic heterocycles. The van der Waals surface area contributed by atoms with Gasteiger partial charge in [-0.1, -0.05) is 36.9 Å². The fraction of sp³-hybridized carbons (Fsp3) is 0.167. The van der Waals surface area contributed by atoms with E-state index in [1.807, 2.05) is 18.2 Å². The molecule has 3 nitrogen and oxygen atoms in total. The maximum Gasteiger partial charge on any atom is 0.198 e. The summed E-state index contributed by atoms with van der Waals surface area (Å²) in [6, 6.07) is 12.2. The Labute approximate surface area is 142 Å². The molecule has 114 valence electrons. The predicted molar refractivity (Wildman–Crippen MR) is 93.9 cm³/mol. The van der Waals surface area contributed by atoms with Gasteiger partial charge in [0.05, 0.1) is 11.4 Å². The number of rotatable bonds is 3. The number of pyridine rings is 1. The third kappa shape index (κ3) is 2.82. The summed E-state index contributed by atoms with van der Waals surface area (Å²) >= 11 is 2.97. The van der Waals surface area contributed by atoms with Crippen molar-refractivity contribution in [3.8, 4) is 10.7 Å². The van der Waals surface area contributed by atoms with Crippen molar-refractivity contribution in [2.45, 2.75) is 24.2 Å². The molecule has 0 spiro atoms. The van der Waals surface area contributed by atoms with Crippen LogP contribution in [0.3, 0.4) is 0 Å². The fourth-order valence-corrected chi connectivity index (χ4v) is 4.49. The summed E-state index contributed by atoms with van der Waals surface area (Å²) in [5.41, 5.74) is 4.29. The third-order valence-corrected chi connectivity index (χ3v) is 5.85. The standard InChI is InChI=1S/C18H14N2OS2/c1-11(12-5-6-13-9-17(21)23-16(13)8-12)15-10-22-18(20-15)14-4-2-3-7-19-14/h2-8,10-11H,9H2,1H3. The van der Waals surface area contributed by atoms with Crippen molar-refractivity contribution in [3.05, 3.63) is 64.8 Å². The van der Waals surface area contributed by atoms with E-state index in [0.29, 0.717) is 6.42 Å². The second-order valence-electron chi connectivity index (χ2n) is 5.53. The summed E-state index contributed by atoms with van der Waals surface area (Å²) in [6.45, 7) is 2.15. The van der Waals surface area contributed by atoms with Crippen LogP contribution in [0.1, 0.15) is 29.7 Å². The molecule has 0 fully saturated rings. The van der Waals surface area contributed by atoms with Crippen LogP contribution in [-0.2, 0) is 11.2 Å². The van der Waals surface area contributed by atoms with E-state index in [1.165, 1.54) is 17.3 Å². The van der Waals surface area contributed by atoms with Gasteiger partial charge in [0.15, 0.2) is 5.12 Å². The molecule has 3 aromatic rings. The number of carbonyl (C=O) groups excluding carboxylic acids is 1. The van der Waals surface area contributed by atoms with Crippen LogP contribution in [-0.4, -0.2) is 15.1 Å². The van der Waals surface area contributed by atoms with E-state index >= 15 is 0 Å². The first-order chi connectivity index (χ1) is 11.2. The van der Waals surface area contributed by atoms with E-state index in [1.54, 1.807) is 17.5 Å². The Bertz CT molecular complexity index is 874. The zero-order valence-corrected chi connectivity index (χ0v) is 14.2. The second-order valence-corrected chi connectivity index (χ2v) is 7.49. The van der Waals surface area contributed by atoms with E-state index in [9.17, 15) is 4.79 Å². The van der Waals surface area contributed by atoms with Gasteiger partial charge in [-0.15, -0.1) is 11.3 Å². The molecule has 3 heterocycles. The van der Waals surface area contributed by atoms with Crippen LogP contribution in [0.15, 0.2) is 52.9 Å². The van der Waals surface area contributed by atoms with Crippen LogP contribution in [0.5, 0.6) is 0 Å². The summed E-state index contributed by atoms with van der Waals surface area (Å²) < 4.78 is 0. The van der Waals surface area contributed by atoms with E-state index < -0.39 is 0 Å². The molecular formula is C18H14N2OS2. The normalized spacial score (nSPS) is 14.7. The first-order valence-electron chi connectivity index (χ1n) is 7.41. The van der Waals surface area contributed by atoms with Gasteiger partial charge in [-0.2, -0.15) is 0 Å². The number of benzene rings is 1. The minimum absolute atomic E-state index is 0.199. The number of carbonyl (C=O) groups is 1. The predicted octanol–water partition coefficient (Wildman–Crippen LogP) is 4.53. The van der Waals surface area contributed by atoms with Crippen molar-refractivity contribution in [2.24, 2.45) is 0 Å². The lowest BCUT2D eigenvalue weighted by molar-refractivity contribution is -0.110. The van der Waals surface area contributed by atoms with Gasteiger partial charge in [-0.05, 0) is 29.3 Å². The monoisotopic (exact) mass is 338 g/mol. The summed E-state index contributed by atoms with van der Waals surface area (Å²) in [6.07, 6.45) is 2.34. The zero-order valence-electron chi connectivity index (χ0n) is 12.5. The van der Waals surface area contributed by atoms with Gasteiger partial charge in [0, 0.05) is 28.8 Å². The molecule has 4 rings (SSSR count). The summed E-state index contributed by atoms with van der Waals surface area (Å²) in [7, 11) is 0. The molecule has 1 aromatic carbocycles. The smallest absolute Gasteiger partial charge is 0.198 e. The van der Waals surface area contributed by atoms with Crippen LogP contribution in [0.25, 0.3) is 10.7 Å². The van der Waals surface area contributed by atoms with E-state index in [4.69, 9.17) is 4.98 Å². The third-order valence-electron chi connectivity index (χ3n) is 4.00. The van der Waals surface area contributed by atoms with E-state index in [2.05, 4.69) is 35.5 Å². The van der Waals surface area contributed by atoms with Gasteiger partial charge in [0.2, 0.25) is 0 Å². The Morgan fingerprint density at radius 1 is 1.22 bits per heavy atom. The molecule has 2 aromatic heterocycles. The van der Waals surface area contributed by atoms with Gasteiger partial charge in [0.1, 0.15) is 5.01 Å². The topological polar surface area (TPSA) is 42.9 Å². The van der Waals surface area contributed by atoms with Crippen molar-refractivity contribution < 1.29 is 4.79 Å². The molecule has 0 N–H and O–H groups in total. The lowest BCUT2D eigenvalue weighted by atomic mass is 9.97. The minimum atomic E-state index is 0.199. The van der Waals surface area contributed by atoms with Gasteiger partial charge >= 0.3 is 0 Å². The molecule has 23 heavy (non-hydrogen) atoms. The zero-order chi connectivity index (χ0) is 15.8. The molecule has 0 aliphatic carbocycles. The molecule has 0 saturated heterocycles. The lowest BCUT2D eigenvalue weighted by Gasteiger charge is -2.10.